The number of anilines is 1. The third-order valence-corrected chi connectivity index (χ3v) is 3.87. The zero-order valence-electron chi connectivity index (χ0n) is 12.5. The van der Waals surface area contributed by atoms with Crippen LogP contribution in [0.4, 0.5) is 5.69 Å². The number of nitrogens with zero attached hydrogens (tertiary/aromatic N) is 1. The van der Waals surface area contributed by atoms with E-state index >= 15 is 0 Å². The van der Waals surface area contributed by atoms with E-state index in [0.29, 0.717) is 5.22 Å². The molecule has 0 spiro atoms. The van der Waals surface area contributed by atoms with E-state index in [0.717, 1.165) is 28.5 Å². The summed E-state index contributed by atoms with van der Waals surface area (Å²) in [6.07, 6.45) is 0. The predicted molar refractivity (Wildman–Crippen MR) is 83.1 cm³/mol. The lowest BCUT2D eigenvalue weighted by Gasteiger charge is -2.09. The number of amides is 1. The van der Waals surface area contributed by atoms with Crippen LogP contribution in [0.15, 0.2) is 27.8 Å². The van der Waals surface area contributed by atoms with Gasteiger partial charge in [0.2, 0.25) is 5.91 Å². The van der Waals surface area contributed by atoms with Gasteiger partial charge in [0, 0.05) is 5.69 Å². The van der Waals surface area contributed by atoms with Crippen molar-refractivity contribution in [2.24, 2.45) is 0 Å². The van der Waals surface area contributed by atoms with Gasteiger partial charge in [-0.2, -0.15) is 0 Å². The highest BCUT2D eigenvalue weighted by Crippen LogP contribution is 2.23. The summed E-state index contributed by atoms with van der Waals surface area (Å²) >= 11 is 1.28. The summed E-state index contributed by atoms with van der Waals surface area (Å²) in [5, 5.41) is 3.39. The minimum atomic E-state index is -0.0956. The number of oxazole rings is 1. The molecular weight excluding hydrogens is 288 g/mol. The van der Waals surface area contributed by atoms with Crippen LogP contribution in [0.3, 0.4) is 0 Å². The van der Waals surface area contributed by atoms with E-state index in [4.69, 9.17) is 9.15 Å². The number of methoxy groups -OCH3 is 1. The van der Waals surface area contributed by atoms with Crippen LogP contribution in [0, 0.1) is 20.8 Å². The Morgan fingerprint density at radius 2 is 2.14 bits per heavy atom. The van der Waals surface area contributed by atoms with E-state index < -0.39 is 0 Å². The fourth-order valence-corrected chi connectivity index (χ4v) is 2.43. The molecule has 6 heteroatoms. The predicted octanol–water partition coefficient (Wildman–Crippen LogP) is 3.34. The third-order valence-electron chi connectivity index (χ3n) is 3.04. The number of thioether (sulfide) groups is 1. The molecule has 1 heterocycles. The number of carbonyl (C=O) groups is 1. The largest absolute Gasteiger partial charge is 0.497 e. The van der Waals surface area contributed by atoms with Gasteiger partial charge in [-0.3, -0.25) is 4.79 Å². The van der Waals surface area contributed by atoms with E-state index in [1.165, 1.54) is 11.8 Å². The molecule has 0 bridgehead atoms. The summed E-state index contributed by atoms with van der Waals surface area (Å²) in [5.74, 6) is 1.71. The SMILES string of the molecule is COc1ccc(NC(=O)CSc2nc(C)c(C)o2)c(C)c1. The van der Waals surface area contributed by atoms with Crippen LogP contribution in [0.25, 0.3) is 0 Å². The fraction of sp³-hybridized carbons (Fsp3) is 0.333. The second kappa shape index (κ2) is 6.67. The minimum absolute atomic E-state index is 0.0956. The van der Waals surface area contributed by atoms with Gasteiger partial charge in [-0.25, -0.2) is 4.98 Å². The number of aryl methyl sites for hydroxylation is 3. The number of hydrogen-bond acceptors (Lipinski definition) is 5. The molecule has 0 aliphatic carbocycles. The number of hydrogen-bond donors (Lipinski definition) is 1. The first-order valence-electron chi connectivity index (χ1n) is 6.51. The van der Waals surface area contributed by atoms with E-state index in [1.54, 1.807) is 7.11 Å². The summed E-state index contributed by atoms with van der Waals surface area (Å²) < 4.78 is 10.6. The van der Waals surface area contributed by atoms with Crippen molar-refractivity contribution in [2.75, 3.05) is 18.2 Å². The summed E-state index contributed by atoms with van der Waals surface area (Å²) in [5.41, 5.74) is 2.58. The van der Waals surface area contributed by atoms with Gasteiger partial charge in [-0.05, 0) is 44.5 Å². The first-order valence-corrected chi connectivity index (χ1v) is 7.49. The van der Waals surface area contributed by atoms with Gasteiger partial charge in [-0.15, -0.1) is 0 Å². The molecule has 0 unspecified atom stereocenters. The molecule has 0 fully saturated rings. The van der Waals surface area contributed by atoms with Crippen LogP contribution in [-0.2, 0) is 4.79 Å². The Hall–Kier alpha value is -1.95. The number of ether oxygens (including phenoxy) is 1. The number of aromatic nitrogens is 1. The Balaban J connectivity index is 1.92. The molecule has 0 saturated carbocycles. The highest BCUT2D eigenvalue weighted by molar-refractivity contribution is 7.99. The Bertz CT molecular complexity index is 633. The van der Waals surface area contributed by atoms with Gasteiger partial charge >= 0.3 is 0 Å². The van der Waals surface area contributed by atoms with Crippen LogP contribution < -0.4 is 10.1 Å². The monoisotopic (exact) mass is 306 g/mol. The normalized spacial score (nSPS) is 10.5. The van der Waals surface area contributed by atoms with Crippen molar-refractivity contribution in [3.63, 3.8) is 0 Å². The Kier molecular flexibility index (Phi) is 4.90. The van der Waals surface area contributed by atoms with E-state index in [1.807, 2.05) is 39.0 Å². The summed E-state index contributed by atoms with van der Waals surface area (Å²) in [6, 6.07) is 5.52. The quantitative estimate of drug-likeness (QED) is 0.858. The first kappa shape index (κ1) is 15.4. The Morgan fingerprint density at radius 1 is 1.38 bits per heavy atom. The average molecular weight is 306 g/mol. The molecule has 1 aromatic carbocycles. The van der Waals surface area contributed by atoms with Gasteiger partial charge in [-0.1, -0.05) is 11.8 Å². The highest BCUT2D eigenvalue weighted by atomic mass is 32.2. The van der Waals surface area contributed by atoms with Crippen LogP contribution in [-0.4, -0.2) is 23.8 Å². The molecule has 0 atom stereocenters. The Labute approximate surface area is 128 Å². The topological polar surface area (TPSA) is 64.4 Å². The van der Waals surface area contributed by atoms with Crippen molar-refractivity contribution in [3.05, 3.63) is 35.2 Å². The summed E-state index contributed by atoms with van der Waals surface area (Å²) in [7, 11) is 1.62. The molecule has 0 saturated heterocycles. The number of benzene rings is 1. The van der Waals surface area contributed by atoms with Gasteiger partial charge in [0.15, 0.2) is 0 Å². The number of carbonyl (C=O) groups excluding carboxylic acids is 1. The smallest absolute Gasteiger partial charge is 0.256 e. The maximum atomic E-state index is 12.0. The molecule has 0 radical (unpaired) electrons. The minimum Gasteiger partial charge on any atom is -0.497 e. The molecule has 0 aliphatic rings. The molecule has 5 nitrogen and oxygen atoms in total. The highest BCUT2D eigenvalue weighted by Gasteiger charge is 2.10. The standard InChI is InChI=1S/C15H18N2O3S/c1-9-7-12(19-4)5-6-13(9)17-14(18)8-21-15-16-10(2)11(3)20-15/h5-7H,8H2,1-4H3,(H,17,18). The van der Waals surface area contributed by atoms with Crippen LogP contribution in [0.2, 0.25) is 0 Å². The van der Waals surface area contributed by atoms with Crippen LogP contribution in [0.5, 0.6) is 5.75 Å². The second-order valence-corrected chi connectivity index (χ2v) is 5.57. The molecule has 21 heavy (non-hydrogen) atoms. The maximum Gasteiger partial charge on any atom is 0.256 e. The molecular formula is C15H18N2O3S. The molecule has 1 aromatic heterocycles. The van der Waals surface area contributed by atoms with Gasteiger partial charge in [0.1, 0.15) is 11.5 Å². The molecule has 2 rings (SSSR count). The first-order chi connectivity index (χ1) is 9.99. The zero-order valence-corrected chi connectivity index (χ0v) is 13.3. The van der Waals surface area contributed by atoms with E-state index in [9.17, 15) is 4.79 Å². The zero-order chi connectivity index (χ0) is 15.4. The number of nitrogens with one attached hydrogen (secondary N) is 1. The van der Waals surface area contributed by atoms with Crippen molar-refractivity contribution >= 4 is 23.4 Å². The average Bonchev–Trinajstić information content (AvgIpc) is 2.78. The number of rotatable bonds is 5. The van der Waals surface area contributed by atoms with E-state index in [2.05, 4.69) is 10.3 Å². The van der Waals surface area contributed by atoms with Crippen molar-refractivity contribution in [1.82, 2.24) is 4.98 Å². The van der Waals surface area contributed by atoms with Gasteiger partial charge in [0.05, 0.1) is 18.6 Å². The third kappa shape index (κ3) is 4.01. The van der Waals surface area contributed by atoms with Crippen molar-refractivity contribution in [1.29, 1.82) is 0 Å². The lowest BCUT2D eigenvalue weighted by atomic mass is 10.2. The van der Waals surface area contributed by atoms with Crippen molar-refractivity contribution in [3.8, 4) is 5.75 Å². The van der Waals surface area contributed by atoms with Gasteiger partial charge < -0.3 is 14.5 Å². The van der Waals surface area contributed by atoms with Crippen LogP contribution in [0.1, 0.15) is 17.0 Å². The lowest BCUT2D eigenvalue weighted by Crippen LogP contribution is -2.14. The Morgan fingerprint density at radius 3 is 2.71 bits per heavy atom. The molecule has 2 aromatic rings. The molecule has 0 aliphatic heterocycles. The fourth-order valence-electron chi connectivity index (χ4n) is 1.72. The molecule has 1 amide bonds. The van der Waals surface area contributed by atoms with Crippen LogP contribution >= 0.6 is 11.8 Å². The van der Waals surface area contributed by atoms with Crippen molar-refractivity contribution in [2.45, 2.75) is 26.0 Å². The van der Waals surface area contributed by atoms with Crippen molar-refractivity contribution < 1.29 is 13.9 Å². The van der Waals surface area contributed by atoms with Gasteiger partial charge in [0.25, 0.3) is 5.22 Å². The molecule has 1 N–H and O–H groups in total. The van der Waals surface area contributed by atoms with E-state index in [-0.39, 0.29) is 11.7 Å². The summed E-state index contributed by atoms with van der Waals surface area (Å²) in [4.78, 5) is 16.2. The lowest BCUT2D eigenvalue weighted by molar-refractivity contribution is -0.113. The molecule has 112 valence electrons. The second-order valence-electron chi connectivity index (χ2n) is 4.64. The maximum absolute atomic E-state index is 12.0. The summed E-state index contributed by atoms with van der Waals surface area (Å²) in [6.45, 7) is 5.66.